The minimum absolute atomic E-state index is 0.408. The molecule has 2 aromatic heterocycles. The maximum absolute atomic E-state index is 11.6. The zero-order chi connectivity index (χ0) is 23.5. The van der Waals surface area contributed by atoms with Gasteiger partial charge in [-0.2, -0.15) is 11.3 Å². The van der Waals surface area contributed by atoms with Crippen molar-refractivity contribution in [2.24, 2.45) is 0 Å². The molecule has 176 valence electrons. The number of carboxylic acid groups (broad SMARTS) is 1. The first-order valence-corrected chi connectivity index (χ1v) is 12.8. The molecule has 5 rings (SSSR count). The van der Waals surface area contributed by atoms with Crippen molar-refractivity contribution in [1.82, 2.24) is 9.47 Å². The quantitative estimate of drug-likeness (QED) is 0.339. The minimum atomic E-state index is -0.852. The highest BCUT2D eigenvalue weighted by Gasteiger charge is 2.25. The monoisotopic (exact) mass is 474 g/mol. The number of fused-ring (bicyclic) bond motifs is 1. The van der Waals surface area contributed by atoms with Crippen LogP contribution in [-0.4, -0.2) is 40.7 Å². The van der Waals surface area contributed by atoms with Crippen LogP contribution in [0.25, 0.3) is 10.9 Å². The molecule has 0 aliphatic carbocycles. The van der Waals surface area contributed by atoms with E-state index >= 15 is 0 Å². The smallest absolute Gasteiger partial charge is 0.336 e. The van der Waals surface area contributed by atoms with E-state index < -0.39 is 5.97 Å². The summed E-state index contributed by atoms with van der Waals surface area (Å²) in [5.74, 6) is 0.532. The van der Waals surface area contributed by atoms with Crippen molar-refractivity contribution in [2.75, 3.05) is 20.2 Å². The number of piperidine rings is 1. The number of hydrogen-bond acceptors (Lipinski definition) is 4. The van der Waals surface area contributed by atoms with Gasteiger partial charge in [-0.05, 0) is 96.1 Å². The molecule has 4 aromatic rings. The number of carbonyl (C=O) groups is 1. The summed E-state index contributed by atoms with van der Waals surface area (Å²) in [6, 6.07) is 16.0. The first-order valence-electron chi connectivity index (χ1n) is 11.8. The molecule has 2 aromatic carbocycles. The third kappa shape index (κ3) is 4.74. The zero-order valence-electron chi connectivity index (χ0n) is 19.4. The molecule has 0 spiro atoms. The first kappa shape index (κ1) is 22.7. The number of benzene rings is 2. The lowest BCUT2D eigenvalue weighted by Crippen LogP contribution is -2.33. The Morgan fingerprint density at radius 2 is 1.97 bits per heavy atom. The molecule has 5 nitrogen and oxygen atoms in total. The summed E-state index contributed by atoms with van der Waals surface area (Å²) in [4.78, 5) is 14.0. The number of likely N-dealkylation sites (tertiary alicyclic amines) is 1. The Morgan fingerprint density at radius 1 is 1.15 bits per heavy atom. The second kappa shape index (κ2) is 10.0. The molecule has 1 fully saturated rings. The zero-order valence-corrected chi connectivity index (χ0v) is 20.3. The minimum Gasteiger partial charge on any atom is -0.497 e. The van der Waals surface area contributed by atoms with Gasteiger partial charge in [0, 0.05) is 30.2 Å². The summed E-state index contributed by atoms with van der Waals surface area (Å²) >= 11 is 1.75. The van der Waals surface area contributed by atoms with Crippen LogP contribution in [0.4, 0.5) is 0 Å². The number of aromatic nitrogens is 1. The first-order chi connectivity index (χ1) is 16.6. The van der Waals surface area contributed by atoms with Gasteiger partial charge in [0.25, 0.3) is 0 Å². The Morgan fingerprint density at radius 3 is 2.71 bits per heavy atom. The predicted molar refractivity (Wildman–Crippen MR) is 137 cm³/mol. The maximum atomic E-state index is 11.6. The van der Waals surface area contributed by atoms with Crippen LogP contribution in [0, 0.1) is 0 Å². The third-order valence-electron chi connectivity index (χ3n) is 7.01. The molecule has 34 heavy (non-hydrogen) atoms. The van der Waals surface area contributed by atoms with Crippen LogP contribution in [0.1, 0.15) is 45.8 Å². The van der Waals surface area contributed by atoms with Crippen LogP contribution in [0.15, 0.2) is 65.5 Å². The number of thiophene rings is 1. The Bertz CT molecular complexity index is 1270. The van der Waals surface area contributed by atoms with Crippen LogP contribution in [0.3, 0.4) is 0 Å². The lowest BCUT2D eigenvalue weighted by Gasteiger charge is -2.32. The number of rotatable bonds is 8. The predicted octanol–water partition coefficient (Wildman–Crippen LogP) is 6.03. The molecule has 0 unspecified atom stereocenters. The van der Waals surface area contributed by atoms with Crippen LogP contribution in [0.5, 0.6) is 5.75 Å². The molecular formula is C28H30N2O3S. The van der Waals surface area contributed by atoms with E-state index in [1.165, 1.54) is 22.0 Å². The van der Waals surface area contributed by atoms with Crippen LogP contribution in [-0.2, 0) is 19.5 Å². The number of ether oxygens (including phenoxy) is 1. The van der Waals surface area contributed by atoms with Gasteiger partial charge in [0.15, 0.2) is 0 Å². The summed E-state index contributed by atoms with van der Waals surface area (Å²) in [7, 11) is 1.72. The lowest BCUT2D eigenvalue weighted by atomic mass is 9.89. The summed E-state index contributed by atoms with van der Waals surface area (Å²) < 4.78 is 7.94. The van der Waals surface area contributed by atoms with Gasteiger partial charge >= 0.3 is 5.97 Å². The molecule has 0 atom stereocenters. The van der Waals surface area contributed by atoms with Gasteiger partial charge in [0.1, 0.15) is 5.75 Å². The second-order valence-electron chi connectivity index (χ2n) is 9.06. The molecule has 1 aliphatic heterocycles. The van der Waals surface area contributed by atoms with E-state index in [4.69, 9.17) is 4.74 Å². The Kier molecular flexibility index (Phi) is 6.70. The van der Waals surface area contributed by atoms with Gasteiger partial charge < -0.3 is 14.4 Å². The Balaban J connectivity index is 1.33. The van der Waals surface area contributed by atoms with E-state index in [9.17, 15) is 9.90 Å². The fourth-order valence-electron chi connectivity index (χ4n) is 5.14. The topological polar surface area (TPSA) is 54.7 Å². The average Bonchev–Trinajstić information content (AvgIpc) is 3.51. The molecule has 0 radical (unpaired) electrons. The Labute approximate surface area is 204 Å². The summed E-state index contributed by atoms with van der Waals surface area (Å²) in [6.07, 6.45) is 5.52. The second-order valence-corrected chi connectivity index (χ2v) is 9.84. The largest absolute Gasteiger partial charge is 0.497 e. The van der Waals surface area contributed by atoms with Crippen LogP contribution >= 0.6 is 11.3 Å². The van der Waals surface area contributed by atoms with Crippen LogP contribution < -0.4 is 4.74 Å². The number of aryl methyl sites for hydroxylation is 2. The van der Waals surface area contributed by atoms with E-state index in [-0.39, 0.29) is 0 Å². The van der Waals surface area contributed by atoms with Gasteiger partial charge in [-0.3, -0.25) is 4.90 Å². The molecular weight excluding hydrogens is 444 g/mol. The van der Waals surface area contributed by atoms with E-state index in [2.05, 4.69) is 50.7 Å². The highest BCUT2D eigenvalue weighted by molar-refractivity contribution is 7.07. The fourth-order valence-corrected chi connectivity index (χ4v) is 5.84. The highest BCUT2D eigenvalue weighted by atomic mass is 32.1. The molecule has 0 saturated carbocycles. The van der Waals surface area contributed by atoms with Gasteiger partial charge in [0.05, 0.1) is 12.7 Å². The number of hydrogen-bond donors (Lipinski definition) is 1. The maximum Gasteiger partial charge on any atom is 0.336 e. The standard InChI is InChI=1S/C28H30N2O3S/c1-33-23-6-7-27-25(16-23)26(18-30(27)14-8-20-11-15-34-19-20)21-9-12-29(13-10-21)17-22-4-2-3-5-24(22)28(31)32/h2-7,11,15-16,18-19,21H,8-10,12-14,17H2,1H3,(H,31,32). The van der Waals surface area contributed by atoms with Crippen molar-refractivity contribution in [1.29, 1.82) is 0 Å². The molecule has 1 saturated heterocycles. The van der Waals surface area contributed by atoms with Gasteiger partial charge in [0.2, 0.25) is 0 Å². The summed E-state index contributed by atoms with van der Waals surface area (Å²) in [5.41, 5.74) is 5.36. The van der Waals surface area contributed by atoms with Gasteiger partial charge in [-0.1, -0.05) is 18.2 Å². The lowest BCUT2D eigenvalue weighted by molar-refractivity contribution is 0.0694. The van der Waals surface area contributed by atoms with Crippen molar-refractivity contribution in [3.05, 3.63) is 87.7 Å². The molecule has 1 N–H and O–H groups in total. The van der Waals surface area contributed by atoms with Crippen LogP contribution in [0.2, 0.25) is 0 Å². The number of carboxylic acids is 1. The molecule has 1 aliphatic rings. The fraction of sp³-hybridized carbons (Fsp3) is 0.321. The van der Waals surface area contributed by atoms with Crippen molar-refractivity contribution >= 4 is 28.2 Å². The van der Waals surface area contributed by atoms with Crippen molar-refractivity contribution in [3.8, 4) is 5.75 Å². The number of nitrogens with zero attached hydrogens (tertiary/aromatic N) is 2. The van der Waals surface area contributed by atoms with Gasteiger partial charge in [-0.15, -0.1) is 0 Å². The third-order valence-corrected chi connectivity index (χ3v) is 7.74. The van der Waals surface area contributed by atoms with E-state index in [1.807, 2.05) is 12.1 Å². The van der Waals surface area contributed by atoms with E-state index in [0.29, 0.717) is 18.0 Å². The van der Waals surface area contributed by atoms with Crippen molar-refractivity contribution < 1.29 is 14.6 Å². The molecule has 0 amide bonds. The summed E-state index contributed by atoms with van der Waals surface area (Å²) in [5, 5.41) is 15.2. The molecule has 6 heteroatoms. The van der Waals surface area contributed by atoms with E-state index in [0.717, 1.165) is 50.2 Å². The SMILES string of the molecule is COc1ccc2c(c1)c(C1CCN(Cc3ccccc3C(=O)O)CC1)cn2CCc1ccsc1. The Hall–Kier alpha value is -3.09. The normalized spacial score (nSPS) is 15.1. The average molecular weight is 475 g/mol. The number of aromatic carboxylic acids is 1. The molecule has 0 bridgehead atoms. The molecule has 3 heterocycles. The van der Waals surface area contributed by atoms with E-state index in [1.54, 1.807) is 30.6 Å². The highest BCUT2D eigenvalue weighted by Crippen LogP contribution is 2.36. The van der Waals surface area contributed by atoms with Crippen molar-refractivity contribution in [2.45, 2.75) is 38.3 Å². The van der Waals surface area contributed by atoms with Gasteiger partial charge in [-0.25, -0.2) is 4.79 Å². The number of methoxy groups -OCH3 is 1. The summed E-state index contributed by atoms with van der Waals surface area (Å²) in [6.45, 7) is 3.57. The van der Waals surface area contributed by atoms with Crippen molar-refractivity contribution in [3.63, 3.8) is 0 Å².